The minimum atomic E-state index is -0.860. The fourth-order valence-electron chi connectivity index (χ4n) is 2.61. The zero-order chi connectivity index (χ0) is 13.4. The molecular weight excluding hydrogens is 234 g/mol. The predicted molar refractivity (Wildman–Crippen MR) is 63.6 cm³/mol. The van der Waals surface area contributed by atoms with Gasteiger partial charge in [-0.25, -0.2) is 0 Å². The molecule has 0 aromatic carbocycles. The van der Waals surface area contributed by atoms with Crippen LogP contribution in [0.5, 0.6) is 0 Å². The van der Waals surface area contributed by atoms with E-state index in [9.17, 15) is 9.59 Å². The van der Waals surface area contributed by atoms with E-state index in [0.29, 0.717) is 0 Å². The van der Waals surface area contributed by atoms with E-state index in [4.69, 9.17) is 15.1 Å². The van der Waals surface area contributed by atoms with Gasteiger partial charge in [-0.15, -0.1) is 0 Å². The number of carbonyl (C=O) groups is 2. The molecule has 0 aliphatic heterocycles. The SMILES string of the molecule is N#CCCOC(=O)CC1(CC(=O)O)CCCCC1. The minimum absolute atomic E-state index is 0.0281. The highest BCUT2D eigenvalue weighted by molar-refractivity contribution is 5.73. The monoisotopic (exact) mass is 253 g/mol. The van der Waals surface area contributed by atoms with Crippen molar-refractivity contribution in [3.8, 4) is 6.07 Å². The standard InChI is InChI=1S/C13H19NO4/c14-7-4-8-18-12(17)10-13(9-11(15)16)5-2-1-3-6-13/h1-6,8-10H2,(H,15,16). The lowest BCUT2D eigenvalue weighted by Gasteiger charge is -2.35. The highest BCUT2D eigenvalue weighted by Crippen LogP contribution is 2.42. The first-order valence-electron chi connectivity index (χ1n) is 6.32. The van der Waals surface area contributed by atoms with Crippen molar-refractivity contribution >= 4 is 11.9 Å². The van der Waals surface area contributed by atoms with Gasteiger partial charge in [0.2, 0.25) is 0 Å². The molecule has 18 heavy (non-hydrogen) atoms. The second-order valence-electron chi connectivity index (χ2n) is 4.94. The molecule has 5 heteroatoms. The molecular formula is C13H19NO4. The first kappa shape index (κ1) is 14.5. The third-order valence-corrected chi connectivity index (χ3v) is 3.44. The van der Waals surface area contributed by atoms with E-state index in [1.165, 1.54) is 0 Å². The van der Waals surface area contributed by atoms with E-state index in [1.54, 1.807) is 0 Å². The van der Waals surface area contributed by atoms with E-state index in [0.717, 1.165) is 32.1 Å². The van der Waals surface area contributed by atoms with Gasteiger partial charge in [0.05, 0.1) is 25.3 Å². The number of carboxylic acids is 1. The van der Waals surface area contributed by atoms with Crippen LogP contribution in [0.4, 0.5) is 0 Å². The summed E-state index contributed by atoms with van der Waals surface area (Å²) in [6, 6.07) is 1.90. The minimum Gasteiger partial charge on any atom is -0.481 e. The Hall–Kier alpha value is -1.57. The number of rotatable bonds is 6. The number of esters is 1. The van der Waals surface area contributed by atoms with Crippen molar-refractivity contribution in [3.05, 3.63) is 0 Å². The van der Waals surface area contributed by atoms with Gasteiger partial charge >= 0.3 is 11.9 Å². The largest absolute Gasteiger partial charge is 0.481 e. The molecule has 1 rings (SSSR count). The lowest BCUT2D eigenvalue weighted by molar-refractivity contribution is -0.149. The molecule has 0 bridgehead atoms. The van der Waals surface area contributed by atoms with Crippen LogP contribution < -0.4 is 0 Å². The summed E-state index contributed by atoms with van der Waals surface area (Å²) in [6.07, 6.45) is 4.95. The Balaban J connectivity index is 2.52. The van der Waals surface area contributed by atoms with Crippen LogP contribution in [0.3, 0.4) is 0 Å². The number of hydrogen-bond acceptors (Lipinski definition) is 4. The van der Waals surface area contributed by atoms with Crippen LogP contribution in [-0.4, -0.2) is 23.7 Å². The van der Waals surface area contributed by atoms with Crippen LogP contribution in [0.1, 0.15) is 51.4 Å². The zero-order valence-electron chi connectivity index (χ0n) is 10.5. The summed E-state index contributed by atoms with van der Waals surface area (Å²) in [7, 11) is 0. The van der Waals surface area contributed by atoms with Crippen molar-refractivity contribution in [1.29, 1.82) is 5.26 Å². The molecule has 0 heterocycles. The van der Waals surface area contributed by atoms with Gasteiger partial charge < -0.3 is 9.84 Å². The smallest absolute Gasteiger partial charge is 0.306 e. The summed E-state index contributed by atoms with van der Waals surface area (Å²) in [4.78, 5) is 22.6. The summed E-state index contributed by atoms with van der Waals surface area (Å²) >= 11 is 0. The third kappa shape index (κ3) is 4.74. The Morgan fingerprint density at radius 1 is 1.22 bits per heavy atom. The maximum Gasteiger partial charge on any atom is 0.306 e. The number of nitrogens with zero attached hydrogens (tertiary/aromatic N) is 1. The molecule has 0 aromatic rings. The van der Waals surface area contributed by atoms with Crippen molar-refractivity contribution in [2.45, 2.75) is 51.4 Å². The van der Waals surface area contributed by atoms with Crippen LogP contribution in [0.15, 0.2) is 0 Å². The summed E-state index contributed by atoms with van der Waals surface area (Å²) in [5.41, 5.74) is -0.437. The van der Waals surface area contributed by atoms with Gasteiger partial charge in [0.25, 0.3) is 0 Å². The summed E-state index contributed by atoms with van der Waals surface area (Å²) in [5, 5.41) is 17.3. The molecule has 0 saturated heterocycles. The van der Waals surface area contributed by atoms with Gasteiger partial charge in [0, 0.05) is 0 Å². The number of hydrogen-bond donors (Lipinski definition) is 1. The Morgan fingerprint density at radius 2 is 1.89 bits per heavy atom. The summed E-state index contributed by atoms with van der Waals surface area (Å²) in [6.45, 7) is 0.0957. The second-order valence-corrected chi connectivity index (χ2v) is 4.94. The molecule has 0 atom stereocenters. The Morgan fingerprint density at radius 3 is 2.44 bits per heavy atom. The molecule has 0 aromatic heterocycles. The predicted octanol–water partition coefficient (Wildman–Crippen LogP) is 2.26. The van der Waals surface area contributed by atoms with E-state index in [-0.39, 0.29) is 31.8 Å². The van der Waals surface area contributed by atoms with Crippen molar-refractivity contribution in [2.24, 2.45) is 5.41 Å². The number of ether oxygens (including phenoxy) is 1. The van der Waals surface area contributed by atoms with Crippen molar-refractivity contribution in [2.75, 3.05) is 6.61 Å². The van der Waals surface area contributed by atoms with Crippen molar-refractivity contribution in [3.63, 3.8) is 0 Å². The summed E-state index contributed by atoms with van der Waals surface area (Å²) < 4.78 is 4.94. The number of carbonyl (C=O) groups excluding carboxylic acids is 1. The molecule has 1 N–H and O–H groups in total. The highest BCUT2D eigenvalue weighted by Gasteiger charge is 2.36. The molecule has 1 saturated carbocycles. The number of carboxylic acid groups (broad SMARTS) is 1. The van der Waals surface area contributed by atoms with Crippen LogP contribution >= 0.6 is 0 Å². The average molecular weight is 253 g/mol. The van der Waals surface area contributed by atoms with Gasteiger partial charge in [0.1, 0.15) is 6.61 Å². The molecule has 0 unspecified atom stereocenters. The lowest BCUT2D eigenvalue weighted by atomic mass is 9.70. The zero-order valence-corrected chi connectivity index (χ0v) is 10.5. The topological polar surface area (TPSA) is 87.4 Å². The van der Waals surface area contributed by atoms with Crippen LogP contribution in [0.25, 0.3) is 0 Å². The molecule has 1 aliphatic rings. The quantitative estimate of drug-likeness (QED) is 0.579. The number of aliphatic carboxylic acids is 1. The van der Waals surface area contributed by atoms with E-state index < -0.39 is 11.4 Å². The number of nitriles is 1. The van der Waals surface area contributed by atoms with Crippen molar-refractivity contribution < 1.29 is 19.4 Å². The van der Waals surface area contributed by atoms with Gasteiger partial charge in [-0.1, -0.05) is 19.3 Å². The van der Waals surface area contributed by atoms with E-state index >= 15 is 0 Å². The van der Waals surface area contributed by atoms with Gasteiger partial charge in [-0.2, -0.15) is 5.26 Å². The molecule has 1 aliphatic carbocycles. The van der Waals surface area contributed by atoms with E-state index in [1.807, 2.05) is 6.07 Å². The first-order chi connectivity index (χ1) is 8.58. The van der Waals surface area contributed by atoms with Crippen LogP contribution in [0, 0.1) is 16.7 Å². The molecule has 1 fully saturated rings. The lowest BCUT2D eigenvalue weighted by Crippen LogP contribution is -2.31. The fourth-order valence-corrected chi connectivity index (χ4v) is 2.61. The van der Waals surface area contributed by atoms with E-state index in [2.05, 4.69) is 0 Å². The van der Waals surface area contributed by atoms with Crippen LogP contribution in [0.2, 0.25) is 0 Å². The molecule has 100 valence electrons. The Bertz CT molecular complexity index is 339. The Kier molecular flexibility index (Phi) is 5.63. The fraction of sp³-hybridized carbons (Fsp3) is 0.769. The Labute approximate surface area is 107 Å². The maximum atomic E-state index is 11.6. The molecule has 0 radical (unpaired) electrons. The highest BCUT2D eigenvalue weighted by atomic mass is 16.5. The molecule has 0 amide bonds. The third-order valence-electron chi connectivity index (χ3n) is 3.44. The maximum absolute atomic E-state index is 11.6. The molecule has 0 spiro atoms. The van der Waals surface area contributed by atoms with Crippen molar-refractivity contribution in [1.82, 2.24) is 0 Å². The molecule has 5 nitrogen and oxygen atoms in total. The normalized spacial score (nSPS) is 17.7. The van der Waals surface area contributed by atoms with Crippen LogP contribution in [-0.2, 0) is 14.3 Å². The van der Waals surface area contributed by atoms with Gasteiger partial charge in [-0.05, 0) is 18.3 Å². The summed E-state index contributed by atoms with van der Waals surface area (Å²) in [5.74, 6) is -1.24. The van der Waals surface area contributed by atoms with Gasteiger partial charge in [-0.3, -0.25) is 9.59 Å². The second kappa shape index (κ2) is 7.00. The average Bonchev–Trinajstić information content (AvgIpc) is 2.29. The van der Waals surface area contributed by atoms with Gasteiger partial charge in [0.15, 0.2) is 0 Å². The first-order valence-corrected chi connectivity index (χ1v) is 6.32.